The number of fused-ring (bicyclic) bond motifs is 1. The number of carbonyl (C=O) groups excluding carboxylic acids is 1. The first kappa shape index (κ1) is 13.3. The van der Waals surface area contributed by atoms with E-state index in [4.69, 9.17) is 15.2 Å². The molecule has 1 amide bonds. The van der Waals surface area contributed by atoms with Crippen LogP contribution >= 0.6 is 0 Å². The number of nitrogen functional groups attached to an aromatic ring is 1. The van der Waals surface area contributed by atoms with Gasteiger partial charge in [-0.3, -0.25) is 4.79 Å². The van der Waals surface area contributed by atoms with Crippen LogP contribution in [-0.4, -0.2) is 25.7 Å². The summed E-state index contributed by atoms with van der Waals surface area (Å²) in [4.78, 5) is 13.7. The van der Waals surface area contributed by atoms with Crippen LogP contribution in [0.2, 0.25) is 0 Å². The Morgan fingerprint density at radius 2 is 2.00 bits per heavy atom. The fraction of sp³-hybridized carbons (Fsp3) is 0.188. The summed E-state index contributed by atoms with van der Waals surface area (Å²) in [5, 5.41) is 0. The second-order valence-electron chi connectivity index (χ2n) is 4.72. The van der Waals surface area contributed by atoms with Crippen LogP contribution in [0.3, 0.4) is 0 Å². The molecule has 0 aliphatic carbocycles. The quantitative estimate of drug-likeness (QED) is 0.873. The normalized spacial score (nSPS) is 13.5. The van der Waals surface area contributed by atoms with E-state index in [0.717, 1.165) is 11.4 Å². The third kappa shape index (κ3) is 2.91. The number of carbonyl (C=O) groups is 1. The Morgan fingerprint density at radius 3 is 2.81 bits per heavy atom. The summed E-state index contributed by atoms with van der Waals surface area (Å²) in [5.74, 6) is 1.34. The second kappa shape index (κ2) is 5.75. The molecule has 0 bridgehead atoms. The van der Waals surface area contributed by atoms with Crippen LogP contribution in [0.5, 0.6) is 11.5 Å². The van der Waals surface area contributed by atoms with Crippen LogP contribution in [0.4, 0.5) is 11.4 Å². The van der Waals surface area contributed by atoms with Crippen LogP contribution in [0, 0.1) is 0 Å². The molecule has 1 aliphatic rings. The Bertz CT molecular complexity index is 643. The number of hydrogen-bond acceptors (Lipinski definition) is 4. The van der Waals surface area contributed by atoms with Gasteiger partial charge in [-0.1, -0.05) is 18.2 Å². The predicted molar refractivity (Wildman–Crippen MR) is 80.6 cm³/mol. The number of amides is 1. The van der Waals surface area contributed by atoms with Crippen molar-refractivity contribution >= 4 is 17.3 Å². The zero-order valence-corrected chi connectivity index (χ0v) is 11.5. The minimum absolute atomic E-state index is 0.0296. The Kier molecular flexibility index (Phi) is 3.64. The van der Waals surface area contributed by atoms with Crippen LogP contribution in [0.1, 0.15) is 0 Å². The molecule has 0 atom stereocenters. The molecular formula is C16H16N2O3. The molecule has 0 spiro atoms. The lowest BCUT2D eigenvalue weighted by Gasteiger charge is -2.29. The first-order chi connectivity index (χ1) is 10.2. The highest BCUT2D eigenvalue weighted by molar-refractivity contribution is 5.98. The largest absolute Gasteiger partial charge is 0.492 e. The van der Waals surface area contributed by atoms with Gasteiger partial charge in [0.05, 0.1) is 12.2 Å². The molecule has 1 aliphatic heterocycles. The molecular weight excluding hydrogens is 268 g/mol. The zero-order chi connectivity index (χ0) is 14.7. The fourth-order valence-electron chi connectivity index (χ4n) is 2.24. The van der Waals surface area contributed by atoms with Crippen molar-refractivity contribution in [2.45, 2.75) is 0 Å². The van der Waals surface area contributed by atoms with Gasteiger partial charge in [0.15, 0.2) is 6.61 Å². The Labute approximate surface area is 122 Å². The van der Waals surface area contributed by atoms with Gasteiger partial charge in [0.1, 0.15) is 18.1 Å². The molecule has 0 radical (unpaired) electrons. The van der Waals surface area contributed by atoms with Gasteiger partial charge in [0.25, 0.3) is 5.91 Å². The van der Waals surface area contributed by atoms with E-state index in [1.807, 2.05) is 30.3 Å². The molecule has 1 heterocycles. The van der Waals surface area contributed by atoms with E-state index < -0.39 is 0 Å². The van der Waals surface area contributed by atoms with E-state index in [9.17, 15) is 4.79 Å². The Hall–Kier alpha value is -2.69. The maximum Gasteiger partial charge on any atom is 0.265 e. The average Bonchev–Trinajstić information content (AvgIpc) is 2.50. The molecule has 21 heavy (non-hydrogen) atoms. The number of hydrogen-bond donors (Lipinski definition) is 1. The van der Waals surface area contributed by atoms with Crippen LogP contribution < -0.4 is 20.1 Å². The van der Waals surface area contributed by atoms with Gasteiger partial charge in [0, 0.05) is 11.8 Å². The van der Waals surface area contributed by atoms with Crippen molar-refractivity contribution in [3.63, 3.8) is 0 Å². The van der Waals surface area contributed by atoms with Gasteiger partial charge in [0.2, 0.25) is 0 Å². The molecule has 0 fully saturated rings. The Morgan fingerprint density at radius 1 is 1.19 bits per heavy atom. The van der Waals surface area contributed by atoms with E-state index in [0.29, 0.717) is 24.6 Å². The van der Waals surface area contributed by atoms with Crippen molar-refractivity contribution in [1.29, 1.82) is 0 Å². The highest BCUT2D eigenvalue weighted by atomic mass is 16.5. The van der Waals surface area contributed by atoms with Gasteiger partial charge < -0.3 is 20.1 Å². The number of ether oxygens (including phenoxy) is 2. The van der Waals surface area contributed by atoms with E-state index in [2.05, 4.69) is 0 Å². The van der Waals surface area contributed by atoms with Gasteiger partial charge in [-0.15, -0.1) is 0 Å². The number of nitrogens with two attached hydrogens (primary N) is 1. The zero-order valence-electron chi connectivity index (χ0n) is 11.5. The lowest BCUT2D eigenvalue weighted by Crippen LogP contribution is -2.41. The van der Waals surface area contributed by atoms with Crippen molar-refractivity contribution in [1.82, 2.24) is 0 Å². The highest BCUT2D eigenvalue weighted by Crippen LogP contribution is 2.33. The van der Waals surface area contributed by atoms with Crippen LogP contribution in [0.15, 0.2) is 48.5 Å². The van der Waals surface area contributed by atoms with Gasteiger partial charge in [-0.05, 0) is 24.3 Å². The summed E-state index contributed by atoms with van der Waals surface area (Å²) in [5.41, 5.74) is 7.08. The lowest BCUT2D eigenvalue weighted by molar-refractivity contribution is -0.121. The topological polar surface area (TPSA) is 64.8 Å². The summed E-state index contributed by atoms with van der Waals surface area (Å²) < 4.78 is 11.0. The van der Waals surface area contributed by atoms with Crippen LogP contribution in [0.25, 0.3) is 0 Å². The predicted octanol–water partition coefficient (Wildman–Crippen LogP) is 2.07. The summed E-state index contributed by atoms with van der Waals surface area (Å²) in [6, 6.07) is 14.8. The molecule has 0 unspecified atom stereocenters. The molecule has 2 N–H and O–H groups in total. The number of para-hydroxylation sites is 1. The van der Waals surface area contributed by atoms with E-state index >= 15 is 0 Å². The van der Waals surface area contributed by atoms with E-state index in [1.165, 1.54) is 0 Å². The SMILES string of the molecule is Nc1ccc2c(c1)OCC(=O)N2CCOc1ccccc1. The van der Waals surface area contributed by atoms with Crippen molar-refractivity contribution in [2.24, 2.45) is 0 Å². The smallest absolute Gasteiger partial charge is 0.265 e. The summed E-state index contributed by atoms with van der Waals surface area (Å²) in [7, 11) is 0. The summed E-state index contributed by atoms with van der Waals surface area (Å²) >= 11 is 0. The van der Waals surface area contributed by atoms with Crippen molar-refractivity contribution in [2.75, 3.05) is 30.4 Å². The monoisotopic (exact) mass is 284 g/mol. The standard InChI is InChI=1S/C16H16N2O3/c17-12-6-7-14-15(10-12)21-11-16(19)18(14)8-9-20-13-4-2-1-3-5-13/h1-7,10H,8-9,11,17H2. The number of anilines is 2. The highest BCUT2D eigenvalue weighted by Gasteiger charge is 2.25. The minimum Gasteiger partial charge on any atom is -0.492 e. The first-order valence-corrected chi connectivity index (χ1v) is 6.74. The van der Waals surface area contributed by atoms with Crippen molar-refractivity contribution in [3.8, 4) is 11.5 Å². The van der Waals surface area contributed by atoms with Crippen molar-refractivity contribution < 1.29 is 14.3 Å². The molecule has 5 heteroatoms. The molecule has 2 aromatic rings. The van der Waals surface area contributed by atoms with E-state index in [-0.39, 0.29) is 12.5 Å². The van der Waals surface area contributed by atoms with Gasteiger partial charge >= 0.3 is 0 Å². The fourth-order valence-corrected chi connectivity index (χ4v) is 2.24. The maximum atomic E-state index is 12.0. The number of nitrogens with zero attached hydrogens (tertiary/aromatic N) is 1. The third-order valence-corrected chi connectivity index (χ3v) is 3.25. The Balaban J connectivity index is 1.69. The first-order valence-electron chi connectivity index (χ1n) is 6.74. The molecule has 3 rings (SSSR count). The molecule has 108 valence electrons. The lowest BCUT2D eigenvalue weighted by atomic mass is 10.2. The van der Waals surface area contributed by atoms with Crippen molar-refractivity contribution in [3.05, 3.63) is 48.5 Å². The third-order valence-electron chi connectivity index (χ3n) is 3.25. The molecule has 2 aromatic carbocycles. The number of rotatable bonds is 4. The van der Waals surface area contributed by atoms with E-state index in [1.54, 1.807) is 23.1 Å². The van der Waals surface area contributed by atoms with Gasteiger partial charge in [-0.2, -0.15) is 0 Å². The molecule has 5 nitrogen and oxygen atoms in total. The number of benzene rings is 2. The van der Waals surface area contributed by atoms with Gasteiger partial charge in [-0.25, -0.2) is 0 Å². The molecule has 0 aromatic heterocycles. The summed E-state index contributed by atoms with van der Waals surface area (Å²) in [6.07, 6.45) is 0. The average molecular weight is 284 g/mol. The minimum atomic E-state index is -0.0797. The maximum absolute atomic E-state index is 12.0. The molecule has 0 saturated carbocycles. The summed E-state index contributed by atoms with van der Waals surface area (Å²) in [6.45, 7) is 0.912. The second-order valence-corrected chi connectivity index (χ2v) is 4.72. The molecule has 0 saturated heterocycles. The van der Waals surface area contributed by atoms with Crippen LogP contribution in [-0.2, 0) is 4.79 Å².